The predicted molar refractivity (Wildman–Crippen MR) is 127 cm³/mol. The summed E-state index contributed by atoms with van der Waals surface area (Å²) in [4.78, 5) is 41.3. The molecular weight excluding hydrogens is 442 g/mol. The van der Waals surface area contributed by atoms with Crippen molar-refractivity contribution in [2.24, 2.45) is 0 Å². The molecule has 0 saturated carbocycles. The molecular formula is C25H24ClN3O4. The molecule has 0 unspecified atom stereocenters. The molecule has 2 heterocycles. The number of anilines is 2. The number of para-hydroxylation sites is 1. The number of nitrogens with one attached hydrogen (secondary N) is 1. The normalized spacial score (nSPS) is 12.6. The number of amides is 3. The molecule has 170 valence electrons. The third kappa shape index (κ3) is 4.50. The topological polar surface area (TPSA) is 82.9 Å². The van der Waals surface area contributed by atoms with E-state index in [-0.39, 0.29) is 29.1 Å². The van der Waals surface area contributed by atoms with E-state index in [1.54, 1.807) is 34.1 Å². The van der Waals surface area contributed by atoms with E-state index in [1.807, 2.05) is 38.1 Å². The van der Waals surface area contributed by atoms with Crippen molar-refractivity contribution >= 4 is 40.7 Å². The van der Waals surface area contributed by atoms with Crippen molar-refractivity contribution < 1.29 is 18.8 Å². The number of nitrogens with zero attached hydrogens (tertiary/aromatic N) is 2. The molecule has 2 aromatic carbocycles. The smallest absolute Gasteiger partial charge is 0.291 e. The van der Waals surface area contributed by atoms with E-state index >= 15 is 0 Å². The summed E-state index contributed by atoms with van der Waals surface area (Å²) in [5, 5.41) is 3.01. The van der Waals surface area contributed by atoms with Crippen LogP contribution < -0.4 is 10.2 Å². The highest BCUT2D eigenvalue weighted by atomic mass is 35.5. The number of carbonyl (C=O) groups excluding carboxylic acids is 3. The average molecular weight is 466 g/mol. The van der Waals surface area contributed by atoms with E-state index in [2.05, 4.69) is 5.32 Å². The van der Waals surface area contributed by atoms with Gasteiger partial charge in [-0.15, -0.1) is 0 Å². The molecule has 3 amide bonds. The highest BCUT2D eigenvalue weighted by Gasteiger charge is 2.29. The van der Waals surface area contributed by atoms with Gasteiger partial charge in [0.25, 0.3) is 11.8 Å². The summed E-state index contributed by atoms with van der Waals surface area (Å²) in [6, 6.07) is 14.0. The van der Waals surface area contributed by atoms with E-state index in [0.29, 0.717) is 36.3 Å². The van der Waals surface area contributed by atoms with Gasteiger partial charge in [0.1, 0.15) is 0 Å². The molecule has 7 nitrogen and oxygen atoms in total. The Morgan fingerprint density at radius 1 is 1.12 bits per heavy atom. The van der Waals surface area contributed by atoms with Crippen LogP contribution in [0.1, 0.15) is 45.9 Å². The molecule has 3 aromatic rings. The molecule has 1 N–H and O–H groups in total. The number of hydrogen-bond donors (Lipinski definition) is 1. The van der Waals surface area contributed by atoms with Crippen LogP contribution in [0.4, 0.5) is 11.4 Å². The number of benzene rings is 2. The van der Waals surface area contributed by atoms with Gasteiger partial charge in [-0.05, 0) is 49.7 Å². The zero-order chi connectivity index (χ0) is 23.5. The van der Waals surface area contributed by atoms with Crippen LogP contribution >= 0.6 is 11.6 Å². The Bertz CT molecular complexity index is 1220. The molecule has 0 saturated heterocycles. The molecule has 1 aliphatic rings. The van der Waals surface area contributed by atoms with Gasteiger partial charge in [0.15, 0.2) is 5.76 Å². The molecule has 8 heteroatoms. The number of carbonyl (C=O) groups is 3. The quantitative estimate of drug-likeness (QED) is 0.545. The van der Waals surface area contributed by atoms with Crippen LogP contribution in [0.15, 0.2) is 59.2 Å². The lowest BCUT2D eigenvalue weighted by molar-refractivity contribution is -0.117. The lowest BCUT2D eigenvalue weighted by Crippen LogP contribution is -2.30. The van der Waals surface area contributed by atoms with Gasteiger partial charge in [-0.2, -0.15) is 0 Å². The molecule has 0 bridgehead atoms. The summed E-state index contributed by atoms with van der Waals surface area (Å²) >= 11 is 6.33. The minimum absolute atomic E-state index is 0.0241. The lowest BCUT2D eigenvalue weighted by Gasteiger charge is -2.19. The SMILES string of the molecule is CCN(CC)C(=O)c1ccc(NC(=O)c2occc2CN2C(=O)Cc3ccccc32)cc1Cl. The minimum Gasteiger partial charge on any atom is -0.459 e. The first-order valence-corrected chi connectivity index (χ1v) is 11.2. The van der Waals surface area contributed by atoms with Crippen LogP contribution in [-0.2, 0) is 17.8 Å². The summed E-state index contributed by atoms with van der Waals surface area (Å²) in [6.07, 6.45) is 1.77. The van der Waals surface area contributed by atoms with E-state index < -0.39 is 5.91 Å². The van der Waals surface area contributed by atoms with Crippen molar-refractivity contribution in [3.63, 3.8) is 0 Å². The van der Waals surface area contributed by atoms with Gasteiger partial charge >= 0.3 is 0 Å². The number of hydrogen-bond acceptors (Lipinski definition) is 4. The van der Waals surface area contributed by atoms with E-state index in [9.17, 15) is 14.4 Å². The lowest BCUT2D eigenvalue weighted by atomic mass is 10.1. The van der Waals surface area contributed by atoms with Crippen LogP contribution in [0.25, 0.3) is 0 Å². The second-order valence-corrected chi connectivity index (χ2v) is 8.09. The molecule has 0 fully saturated rings. The summed E-state index contributed by atoms with van der Waals surface area (Å²) in [5.41, 5.74) is 3.22. The number of fused-ring (bicyclic) bond motifs is 1. The van der Waals surface area contributed by atoms with Gasteiger partial charge in [0, 0.05) is 30.0 Å². The second kappa shape index (κ2) is 9.50. The largest absolute Gasteiger partial charge is 0.459 e. The molecule has 0 aliphatic carbocycles. The van der Waals surface area contributed by atoms with Crippen LogP contribution in [0, 0.1) is 0 Å². The molecule has 0 atom stereocenters. The van der Waals surface area contributed by atoms with E-state index in [0.717, 1.165) is 11.3 Å². The maximum atomic E-state index is 12.9. The maximum absolute atomic E-state index is 12.9. The number of halogens is 1. The average Bonchev–Trinajstić information content (AvgIpc) is 3.39. The van der Waals surface area contributed by atoms with Gasteiger partial charge in [-0.1, -0.05) is 29.8 Å². The molecule has 4 rings (SSSR count). The Labute approximate surface area is 196 Å². The fraction of sp³-hybridized carbons (Fsp3) is 0.240. The highest BCUT2D eigenvalue weighted by Crippen LogP contribution is 2.31. The molecule has 0 radical (unpaired) electrons. The fourth-order valence-corrected chi connectivity index (χ4v) is 4.22. The Balaban J connectivity index is 1.50. The third-order valence-corrected chi connectivity index (χ3v) is 6.03. The van der Waals surface area contributed by atoms with Crippen molar-refractivity contribution in [1.82, 2.24) is 4.90 Å². The summed E-state index contributed by atoms with van der Waals surface area (Å²) in [6.45, 7) is 5.19. The van der Waals surface area contributed by atoms with Gasteiger partial charge in [0.05, 0.1) is 29.8 Å². The highest BCUT2D eigenvalue weighted by molar-refractivity contribution is 6.34. The van der Waals surface area contributed by atoms with Crippen molar-refractivity contribution in [3.8, 4) is 0 Å². The monoisotopic (exact) mass is 465 g/mol. The molecule has 0 spiro atoms. The predicted octanol–water partition coefficient (Wildman–Crippen LogP) is 4.76. The fourth-order valence-electron chi connectivity index (χ4n) is 3.95. The Morgan fingerprint density at radius 3 is 2.61 bits per heavy atom. The van der Waals surface area contributed by atoms with Gasteiger partial charge in [0.2, 0.25) is 5.91 Å². The zero-order valence-electron chi connectivity index (χ0n) is 18.4. The van der Waals surface area contributed by atoms with Crippen molar-refractivity contribution in [3.05, 3.63) is 82.3 Å². The van der Waals surface area contributed by atoms with Gasteiger partial charge in [-0.25, -0.2) is 0 Å². The number of rotatable bonds is 7. The van der Waals surface area contributed by atoms with Crippen LogP contribution in [0.2, 0.25) is 5.02 Å². The van der Waals surface area contributed by atoms with Crippen molar-refractivity contribution in [2.75, 3.05) is 23.3 Å². The molecule has 1 aromatic heterocycles. The summed E-state index contributed by atoms with van der Waals surface area (Å²) in [7, 11) is 0. The summed E-state index contributed by atoms with van der Waals surface area (Å²) < 4.78 is 5.44. The minimum atomic E-state index is -0.464. The van der Waals surface area contributed by atoms with E-state index in [1.165, 1.54) is 6.26 Å². The zero-order valence-corrected chi connectivity index (χ0v) is 19.2. The number of furan rings is 1. The van der Waals surface area contributed by atoms with Crippen LogP contribution in [0.3, 0.4) is 0 Å². The first kappa shape index (κ1) is 22.6. The van der Waals surface area contributed by atoms with Gasteiger partial charge < -0.3 is 19.5 Å². The Morgan fingerprint density at radius 2 is 1.88 bits per heavy atom. The van der Waals surface area contributed by atoms with Gasteiger partial charge in [-0.3, -0.25) is 14.4 Å². The van der Waals surface area contributed by atoms with E-state index in [4.69, 9.17) is 16.0 Å². The second-order valence-electron chi connectivity index (χ2n) is 7.69. The van der Waals surface area contributed by atoms with Crippen molar-refractivity contribution in [2.45, 2.75) is 26.8 Å². The maximum Gasteiger partial charge on any atom is 0.291 e. The molecule has 1 aliphatic heterocycles. The summed E-state index contributed by atoms with van der Waals surface area (Å²) in [5.74, 6) is -0.531. The third-order valence-electron chi connectivity index (χ3n) is 5.71. The van der Waals surface area contributed by atoms with Crippen LogP contribution in [0.5, 0.6) is 0 Å². The van der Waals surface area contributed by atoms with Crippen molar-refractivity contribution in [1.29, 1.82) is 0 Å². The van der Waals surface area contributed by atoms with Crippen LogP contribution in [-0.4, -0.2) is 35.7 Å². The first-order valence-electron chi connectivity index (χ1n) is 10.8. The Kier molecular flexibility index (Phi) is 6.51. The Hall–Kier alpha value is -3.58. The first-order chi connectivity index (χ1) is 15.9. The molecule has 33 heavy (non-hydrogen) atoms. The standard InChI is InChI=1S/C25H24ClN3O4/c1-3-28(4-2)25(32)19-10-9-18(14-20(19)26)27-24(31)23-17(11-12-33-23)15-29-21-8-6-5-7-16(21)13-22(29)30/h5-12,14H,3-4,13,15H2,1-2H3,(H,27,31).